The van der Waals surface area contributed by atoms with E-state index in [2.05, 4.69) is 5.32 Å². The summed E-state index contributed by atoms with van der Waals surface area (Å²) in [6.07, 6.45) is 20.6. The second kappa shape index (κ2) is 16.7. The van der Waals surface area contributed by atoms with Crippen LogP contribution in [0.25, 0.3) is 0 Å². The number of hydrogen-bond donors (Lipinski definition) is 1. The van der Waals surface area contributed by atoms with Gasteiger partial charge in [-0.25, -0.2) is 4.79 Å². The van der Waals surface area contributed by atoms with Crippen molar-refractivity contribution in [2.75, 3.05) is 0 Å². The quantitative estimate of drug-likeness (QED) is 0.359. The zero-order valence-corrected chi connectivity index (χ0v) is 20.4. The first-order valence-electron chi connectivity index (χ1n) is 13.4. The number of hydroxylamine groups is 2. The van der Waals surface area contributed by atoms with Gasteiger partial charge in [0.25, 0.3) is 11.8 Å². The molecule has 1 saturated heterocycles. The molecule has 1 aliphatic carbocycles. The lowest BCUT2D eigenvalue weighted by Crippen LogP contribution is -2.34. The zero-order valence-electron chi connectivity index (χ0n) is 20.4. The van der Waals surface area contributed by atoms with Gasteiger partial charge in [-0.3, -0.25) is 14.4 Å². The van der Waals surface area contributed by atoms with Gasteiger partial charge in [-0.15, -0.1) is 5.06 Å². The lowest BCUT2D eigenvalue weighted by atomic mass is 9.98. The van der Waals surface area contributed by atoms with Gasteiger partial charge in [0, 0.05) is 31.7 Å². The second-order valence-electron chi connectivity index (χ2n) is 9.69. The fraction of sp³-hybridized carbons (Fsp3) is 0.846. The van der Waals surface area contributed by atoms with E-state index in [4.69, 9.17) is 4.84 Å². The van der Waals surface area contributed by atoms with Crippen molar-refractivity contribution in [1.29, 1.82) is 0 Å². The highest BCUT2D eigenvalue weighted by Gasteiger charge is 2.32. The van der Waals surface area contributed by atoms with Crippen molar-refractivity contribution in [3.05, 3.63) is 0 Å². The van der Waals surface area contributed by atoms with Crippen LogP contribution >= 0.6 is 0 Å². The molecule has 0 unspecified atom stereocenters. The van der Waals surface area contributed by atoms with E-state index in [-0.39, 0.29) is 25.2 Å². The van der Waals surface area contributed by atoms with Gasteiger partial charge >= 0.3 is 5.97 Å². The van der Waals surface area contributed by atoms with E-state index in [1.807, 2.05) is 0 Å². The zero-order chi connectivity index (χ0) is 23.7. The normalized spacial score (nSPS) is 19.8. The SMILES string of the molecule is O=C(CCCCCCC(=O)ON1C(=O)CCC1=O)NC1CCCCCCCCCCCCC1. The summed E-state index contributed by atoms with van der Waals surface area (Å²) in [5, 5.41) is 3.87. The highest BCUT2D eigenvalue weighted by Crippen LogP contribution is 2.18. The highest BCUT2D eigenvalue weighted by atomic mass is 16.7. The summed E-state index contributed by atoms with van der Waals surface area (Å²) < 4.78 is 0. The van der Waals surface area contributed by atoms with Crippen LogP contribution in [-0.2, 0) is 24.0 Å². The third kappa shape index (κ3) is 12.2. The third-order valence-electron chi connectivity index (χ3n) is 6.70. The molecule has 2 aliphatic rings. The Morgan fingerprint density at radius 2 is 1.15 bits per heavy atom. The Morgan fingerprint density at radius 3 is 1.67 bits per heavy atom. The molecule has 7 nitrogen and oxygen atoms in total. The monoisotopic (exact) mass is 464 g/mol. The predicted octanol–water partition coefficient (Wildman–Crippen LogP) is 5.50. The van der Waals surface area contributed by atoms with E-state index in [9.17, 15) is 19.2 Å². The minimum atomic E-state index is -0.551. The van der Waals surface area contributed by atoms with Crippen molar-refractivity contribution in [1.82, 2.24) is 10.4 Å². The summed E-state index contributed by atoms with van der Waals surface area (Å²) in [5.41, 5.74) is 0. The number of rotatable bonds is 9. The van der Waals surface area contributed by atoms with Crippen molar-refractivity contribution < 1.29 is 24.0 Å². The summed E-state index contributed by atoms with van der Waals surface area (Å²) in [6.45, 7) is 0. The number of unbranched alkanes of at least 4 members (excludes halogenated alkanes) is 3. The number of carbonyl (C=O) groups excluding carboxylic acids is 4. The fourth-order valence-corrected chi connectivity index (χ4v) is 4.67. The maximum atomic E-state index is 12.4. The first kappa shape index (κ1) is 27.3. The summed E-state index contributed by atoms with van der Waals surface area (Å²) in [7, 11) is 0. The van der Waals surface area contributed by atoms with Gasteiger partial charge in [0.15, 0.2) is 0 Å². The number of nitrogens with zero attached hydrogens (tertiary/aromatic N) is 1. The van der Waals surface area contributed by atoms with Crippen LogP contribution in [0.1, 0.15) is 135 Å². The van der Waals surface area contributed by atoms with Gasteiger partial charge in [-0.1, -0.05) is 83.5 Å². The summed E-state index contributed by atoms with van der Waals surface area (Å²) in [4.78, 5) is 52.0. The Bertz CT molecular complexity index is 592. The molecule has 3 amide bonds. The van der Waals surface area contributed by atoms with Crippen molar-refractivity contribution in [2.24, 2.45) is 0 Å². The van der Waals surface area contributed by atoms with Crippen LogP contribution in [0.3, 0.4) is 0 Å². The Labute approximate surface area is 199 Å². The lowest BCUT2D eigenvalue weighted by molar-refractivity contribution is -0.197. The molecular formula is C26H44N2O5. The molecule has 188 valence electrons. The third-order valence-corrected chi connectivity index (χ3v) is 6.70. The van der Waals surface area contributed by atoms with E-state index in [0.29, 0.717) is 23.9 Å². The lowest BCUT2D eigenvalue weighted by Gasteiger charge is -2.19. The smallest absolute Gasteiger partial charge is 0.333 e. The van der Waals surface area contributed by atoms with Crippen molar-refractivity contribution in [3.8, 4) is 0 Å². The topological polar surface area (TPSA) is 92.8 Å². The Kier molecular flexibility index (Phi) is 13.8. The first-order valence-corrected chi connectivity index (χ1v) is 13.4. The molecule has 0 atom stereocenters. The van der Waals surface area contributed by atoms with E-state index < -0.39 is 17.8 Å². The molecule has 1 heterocycles. The van der Waals surface area contributed by atoms with Crippen LogP contribution in [-0.4, -0.2) is 34.8 Å². The second-order valence-corrected chi connectivity index (χ2v) is 9.69. The molecule has 7 heteroatoms. The fourth-order valence-electron chi connectivity index (χ4n) is 4.67. The molecule has 0 radical (unpaired) electrons. The maximum absolute atomic E-state index is 12.4. The Balaban J connectivity index is 1.54. The average molecular weight is 465 g/mol. The van der Waals surface area contributed by atoms with Crippen molar-refractivity contribution >= 4 is 23.7 Å². The molecule has 2 rings (SSSR count). The Morgan fingerprint density at radius 1 is 0.697 bits per heavy atom. The molecule has 1 aliphatic heterocycles. The van der Waals surface area contributed by atoms with Crippen LogP contribution in [0.4, 0.5) is 0 Å². The molecule has 0 aromatic heterocycles. The Hall–Kier alpha value is -1.92. The van der Waals surface area contributed by atoms with Crippen LogP contribution in [0.2, 0.25) is 0 Å². The molecular weight excluding hydrogens is 420 g/mol. The van der Waals surface area contributed by atoms with Gasteiger partial charge in [0.1, 0.15) is 0 Å². The highest BCUT2D eigenvalue weighted by molar-refractivity contribution is 6.01. The molecule has 2 fully saturated rings. The molecule has 0 bridgehead atoms. The summed E-state index contributed by atoms with van der Waals surface area (Å²) in [6, 6.07) is 0.311. The first-order chi connectivity index (χ1) is 16.1. The van der Waals surface area contributed by atoms with Gasteiger partial charge < -0.3 is 10.2 Å². The van der Waals surface area contributed by atoms with Crippen molar-refractivity contribution in [3.63, 3.8) is 0 Å². The van der Waals surface area contributed by atoms with E-state index in [1.165, 1.54) is 70.6 Å². The minimum Gasteiger partial charge on any atom is -0.353 e. The van der Waals surface area contributed by atoms with E-state index >= 15 is 0 Å². The van der Waals surface area contributed by atoms with Crippen LogP contribution < -0.4 is 5.32 Å². The number of nitrogens with one attached hydrogen (secondary N) is 1. The maximum Gasteiger partial charge on any atom is 0.333 e. The molecule has 0 aromatic carbocycles. The van der Waals surface area contributed by atoms with Crippen LogP contribution in [0.15, 0.2) is 0 Å². The average Bonchev–Trinajstić information content (AvgIpc) is 3.10. The number of imide groups is 1. The van der Waals surface area contributed by atoms with Crippen molar-refractivity contribution in [2.45, 2.75) is 141 Å². The van der Waals surface area contributed by atoms with E-state index in [1.54, 1.807) is 0 Å². The molecule has 1 saturated carbocycles. The number of carbonyl (C=O) groups is 4. The number of amides is 3. The molecule has 1 N–H and O–H groups in total. The molecule has 0 spiro atoms. The van der Waals surface area contributed by atoms with Crippen LogP contribution in [0, 0.1) is 0 Å². The summed E-state index contributed by atoms with van der Waals surface area (Å²) in [5.74, 6) is -1.31. The minimum absolute atomic E-state index is 0.106. The standard InChI is InChI=1S/C26H44N2O5/c29-23(27-22-16-12-8-6-4-2-1-3-5-7-9-13-17-22)18-14-10-11-15-19-26(32)33-28-24(30)20-21-25(28)31/h22H,1-21H2,(H,27,29). The summed E-state index contributed by atoms with van der Waals surface area (Å²) >= 11 is 0. The predicted molar refractivity (Wildman–Crippen MR) is 127 cm³/mol. The van der Waals surface area contributed by atoms with Gasteiger partial charge in [-0.05, 0) is 25.7 Å². The van der Waals surface area contributed by atoms with E-state index in [0.717, 1.165) is 32.1 Å². The van der Waals surface area contributed by atoms with Crippen LogP contribution in [0.5, 0.6) is 0 Å². The number of hydrogen-bond acceptors (Lipinski definition) is 5. The largest absolute Gasteiger partial charge is 0.353 e. The van der Waals surface area contributed by atoms with Gasteiger partial charge in [0.2, 0.25) is 5.91 Å². The molecule has 33 heavy (non-hydrogen) atoms. The van der Waals surface area contributed by atoms with Gasteiger partial charge in [0.05, 0.1) is 0 Å². The molecule has 0 aromatic rings. The van der Waals surface area contributed by atoms with Gasteiger partial charge in [-0.2, -0.15) is 0 Å².